The summed E-state index contributed by atoms with van der Waals surface area (Å²) in [7, 11) is -1.80. The average molecular weight is 351 g/mol. The van der Waals surface area contributed by atoms with Crippen LogP contribution in [0.15, 0.2) is 41.8 Å². The van der Waals surface area contributed by atoms with Crippen molar-refractivity contribution in [3.8, 4) is 5.75 Å². The van der Waals surface area contributed by atoms with Crippen LogP contribution in [0.1, 0.15) is 6.42 Å². The lowest BCUT2D eigenvalue weighted by Gasteiger charge is -2.17. The Hall–Kier alpha value is -1.97. The number of sulfonamides is 1. The highest BCUT2D eigenvalue weighted by Crippen LogP contribution is 2.17. The molecule has 130 valence electrons. The molecule has 1 aliphatic rings. The second-order valence-corrected chi connectivity index (χ2v) is 7.53. The van der Waals surface area contributed by atoms with Gasteiger partial charge in [-0.1, -0.05) is 0 Å². The van der Waals surface area contributed by atoms with E-state index in [1.807, 2.05) is 12.1 Å². The minimum Gasteiger partial charge on any atom is -0.489 e. The molecule has 1 fully saturated rings. The normalized spacial score (nSPS) is 18.8. The highest BCUT2D eigenvalue weighted by molar-refractivity contribution is 7.89. The van der Waals surface area contributed by atoms with Gasteiger partial charge in [0, 0.05) is 51.8 Å². The molecule has 1 N–H and O–H groups in total. The van der Waals surface area contributed by atoms with Crippen LogP contribution < -0.4 is 9.46 Å². The van der Waals surface area contributed by atoms with Crippen molar-refractivity contribution < 1.29 is 13.2 Å². The maximum atomic E-state index is 12.1. The third-order valence-electron chi connectivity index (χ3n) is 3.89. The van der Waals surface area contributed by atoms with E-state index in [-0.39, 0.29) is 11.0 Å². The molecule has 1 atom stereocenters. The van der Waals surface area contributed by atoms with Gasteiger partial charge in [-0.25, -0.2) is 13.1 Å². The van der Waals surface area contributed by atoms with Gasteiger partial charge in [0.15, 0.2) is 0 Å². The molecule has 0 amide bonds. The van der Waals surface area contributed by atoms with Crippen LogP contribution in [-0.4, -0.2) is 60.4 Å². The predicted octanol–water partition coefficient (Wildman–Crippen LogP) is 0.247. The van der Waals surface area contributed by atoms with Gasteiger partial charge >= 0.3 is 0 Å². The maximum absolute atomic E-state index is 12.1. The molecular weight excluding hydrogens is 330 g/mol. The molecular formula is C15H21N5O3S. The Balaban J connectivity index is 1.43. The van der Waals surface area contributed by atoms with E-state index in [0.29, 0.717) is 13.1 Å². The standard InChI is InChI=1S/C15H21N5O3S/c1-19-12-15(10-17-19)24(21,22)18-7-9-20-8-4-14(11-20)23-13-2-5-16-6-3-13/h2-3,5-6,10,12,14,18H,4,7-9,11H2,1H3/t14-/m1/s1. The first kappa shape index (κ1) is 16.9. The topological polar surface area (TPSA) is 89.4 Å². The molecule has 0 spiro atoms. The van der Waals surface area contributed by atoms with Crippen LogP contribution in [0.3, 0.4) is 0 Å². The number of aryl methyl sites for hydroxylation is 1. The monoisotopic (exact) mass is 351 g/mol. The van der Waals surface area contributed by atoms with Gasteiger partial charge in [-0.05, 0) is 18.6 Å². The second kappa shape index (κ2) is 7.29. The van der Waals surface area contributed by atoms with E-state index in [2.05, 4.69) is 19.7 Å². The summed E-state index contributed by atoms with van der Waals surface area (Å²) in [6, 6.07) is 3.68. The number of ether oxygens (including phenoxy) is 1. The number of hydrogen-bond acceptors (Lipinski definition) is 6. The second-order valence-electron chi connectivity index (χ2n) is 5.76. The first-order chi connectivity index (χ1) is 11.5. The van der Waals surface area contributed by atoms with E-state index >= 15 is 0 Å². The molecule has 1 saturated heterocycles. The third-order valence-corrected chi connectivity index (χ3v) is 5.31. The number of likely N-dealkylation sites (tertiary alicyclic amines) is 1. The Morgan fingerprint density at radius 2 is 2.17 bits per heavy atom. The molecule has 2 aromatic heterocycles. The fourth-order valence-electron chi connectivity index (χ4n) is 2.66. The number of nitrogens with one attached hydrogen (secondary N) is 1. The van der Waals surface area contributed by atoms with E-state index in [9.17, 15) is 8.42 Å². The largest absolute Gasteiger partial charge is 0.489 e. The SMILES string of the molecule is Cn1cc(S(=O)(=O)NCCN2CC[C@@H](Oc3ccncc3)C2)cn1. The highest BCUT2D eigenvalue weighted by Gasteiger charge is 2.24. The summed E-state index contributed by atoms with van der Waals surface area (Å²) in [5, 5.41) is 3.88. The predicted molar refractivity (Wildman–Crippen MR) is 88.1 cm³/mol. The summed E-state index contributed by atoms with van der Waals surface area (Å²) in [5.41, 5.74) is 0. The Labute approximate surface area is 141 Å². The van der Waals surface area contributed by atoms with Crippen LogP contribution in [0.25, 0.3) is 0 Å². The van der Waals surface area contributed by atoms with E-state index in [1.54, 1.807) is 19.4 Å². The summed E-state index contributed by atoms with van der Waals surface area (Å²) in [4.78, 5) is 6.34. The quantitative estimate of drug-likeness (QED) is 0.769. The van der Waals surface area contributed by atoms with Crippen molar-refractivity contribution >= 4 is 10.0 Å². The van der Waals surface area contributed by atoms with Gasteiger partial charge in [-0.2, -0.15) is 5.10 Å². The molecule has 1 aliphatic heterocycles. The van der Waals surface area contributed by atoms with E-state index in [1.165, 1.54) is 17.1 Å². The minimum absolute atomic E-state index is 0.127. The summed E-state index contributed by atoms with van der Waals surface area (Å²) in [5.74, 6) is 0.814. The van der Waals surface area contributed by atoms with Crippen LogP contribution in [0.2, 0.25) is 0 Å². The molecule has 3 heterocycles. The Bertz CT molecular complexity index is 762. The molecule has 0 radical (unpaired) electrons. The number of aromatic nitrogens is 3. The van der Waals surface area contributed by atoms with E-state index < -0.39 is 10.0 Å². The molecule has 8 nitrogen and oxygen atoms in total. The average Bonchev–Trinajstić information content (AvgIpc) is 3.18. The van der Waals surface area contributed by atoms with Crippen molar-refractivity contribution in [3.05, 3.63) is 36.9 Å². The summed E-state index contributed by atoms with van der Waals surface area (Å²) in [6.07, 6.45) is 7.29. The maximum Gasteiger partial charge on any atom is 0.243 e. The van der Waals surface area contributed by atoms with Gasteiger partial charge in [0.25, 0.3) is 0 Å². The number of rotatable bonds is 7. The molecule has 0 saturated carbocycles. The van der Waals surface area contributed by atoms with Crippen molar-refractivity contribution in [2.75, 3.05) is 26.2 Å². The first-order valence-corrected chi connectivity index (χ1v) is 9.28. The van der Waals surface area contributed by atoms with Gasteiger partial charge < -0.3 is 4.74 Å². The lowest BCUT2D eigenvalue weighted by atomic mass is 10.3. The Morgan fingerprint density at radius 3 is 2.88 bits per heavy atom. The Morgan fingerprint density at radius 1 is 1.38 bits per heavy atom. The van der Waals surface area contributed by atoms with Crippen molar-refractivity contribution in [2.45, 2.75) is 17.4 Å². The molecule has 3 rings (SSSR count). The molecule has 2 aromatic rings. The smallest absolute Gasteiger partial charge is 0.243 e. The molecule has 9 heteroatoms. The van der Waals surface area contributed by atoms with Gasteiger partial charge in [-0.3, -0.25) is 14.6 Å². The van der Waals surface area contributed by atoms with Crippen LogP contribution in [-0.2, 0) is 17.1 Å². The summed E-state index contributed by atoms with van der Waals surface area (Å²) in [6.45, 7) is 2.69. The Kier molecular flexibility index (Phi) is 5.12. The van der Waals surface area contributed by atoms with Crippen molar-refractivity contribution in [3.63, 3.8) is 0 Å². The van der Waals surface area contributed by atoms with Gasteiger partial charge in [-0.15, -0.1) is 0 Å². The van der Waals surface area contributed by atoms with Gasteiger partial charge in [0.05, 0.1) is 6.20 Å². The van der Waals surface area contributed by atoms with Crippen molar-refractivity contribution in [2.24, 2.45) is 7.05 Å². The van der Waals surface area contributed by atoms with Crippen LogP contribution >= 0.6 is 0 Å². The highest BCUT2D eigenvalue weighted by atomic mass is 32.2. The minimum atomic E-state index is -3.49. The summed E-state index contributed by atoms with van der Waals surface area (Å²) < 4.78 is 34.2. The lowest BCUT2D eigenvalue weighted by molar-refractivity contribution is 0.201. The van der Waals surface area contributed by atoms with Gasteiger partial charge in [0.2, 0.25) is 10.0 Å². The van der Waals surface area contributed by atoms with E-state index in [0.717, 1.165) is 25.3 Å². The molecule has 0 aliphatic carbocycles. The number of hydrogen-bond donors (Lipinski definition) is 1. The zero-order valence-corrected chi connectivity index (χ0v) is 14.3. The summed E-state index contributed by atoms with van der Waals surface area (Å²) >= 11 is 0. The van der Waals surface area contributed by atoms with Crippen LogP contribution in [0.4, 0.5) is 0 Å². The lowest BCUT2D eigenvalue weighted by Crippen LogP contribution is -2.34. The number of nitrogens with zero attached hydrogens (tertiary/aromatic N) is 4. The zero-order chi connectivity index (χ0) is 17.0. The fraction of sp³-hybridized carbons (Fsp3) is 0.467. The van der Waals surface area contributed by atoms with Crippen molar-refractivity contribution in [1.82, 2.24) is 24.4 Å². The molecule has 0 aromatic carbocycles. The van der Waals surface area contributed by atoms with E-state index in [4.69, 9.17) is 4.74 Å². The van der Waals surface area contributed by atoms with Crippen LogP contribution in [0, 0.1) is 0 Å². The number of pyridine rings is 1. The van der Waals surface area contributed by atoms with Crippen LogP contribution in [0.5, 0.6) is 5.75 Å². The zero-order valence-electron chi connectivity index (χ0n) is 13.5. The molecule has 0 unspecified atom stereocenters. The molecule has 24 heavy (non-hydrogen) atoms. The first-order valence-electron chi connectivity index (χ1n) is 7.80. The molecule has 0 bridgehead atoms. The van der Waals surface area contributed by atoms with Crippen molar-refractivity contribution in [1.29, 1.82) is 0 Å². The van der Waals surface area contributed by atoms with Gasteiger partial charge in [0.1, 0.15) is 16.7 Å². The fourth-order valence-corrected chi connectivity index (χ4v) is 3.67. The third kappa shape index (κ3) is 4.31.